The standard InChI is InChI=1S/C20H20N4O3/c1-12-15(7-9-23(12)2)19(25)24-10-8-16-17(11-24)22-18(21-16)13-3-5-14(6-4-13)20(26)27/h3-7,9H,8,10-11H2,1-2H3,(H,21,22)(H,26,27). The molecule has 2 aromatic heterocycles. The molecule has 3 aromatic rings. The van der Waals surface area contributed by atoms with Crippen molar-refractivity contribution >= 4 is 11.9 Å². The quantitative estimate of drug-likeness (QED) is 0.747. The van der Waals surface area contributed by atoms with Crippen LogP contribution in [0.5, 0.6) is 0 Å². The van der Waals surface area contributed by atoms with Gasteiger partial charge in [-0.05, 0) is 25.1 Å². The number of aryl methyl sites for hydroxylation is 1. The lowest BCUT2D eigenvalue weighted by Crippen LogP contribution is -2.36. The number of carboxylic acids is 1. The second-order valence-corrected chi connectivity index (χ2v) is 6.80. The Kier molecular flexibility index (Phi) is 4.07. The molecule has 7 heteroatoms. The van der Waals surface area contributed by atoms with Crippen LogP contribution in [-0.4, -0.2) is 43.0 Å². The number of hydrogen-bond acceptors (Lipinski definition) is 3. The maximum Gasteiger partial charge on any atom is 0.335 e. The number of aromatic carboxylic acids is 1. The van der Waals surface area contributed by atoms with Crippen molar-refractivity contribution in [1.29, 1.82) is 0 Å². The van der Waals surface area contributed by atoms with Crippen LogP contribution in [0, 0.1) is 6.92 Å². The van der Waals surface area contributed by atoms with E-state index < -0.39 is 5.97 Å². The second-order valence-electron chi connectivity index (χ2n) is 6.80. The Bertz CT molecular complexity index is 1030. The van der Waals surface area contributed by atoms with E-state index in [9.17, 15) is 9.59 Å². The molecule has 0 bridgehead atoms. The first kappa shape index (κ1) is 17.1. The lowest BCUT2D eigenvalue weighted by molar-refractivity contribution is 0.0694. The van der Waals surface area contributed by atoms with Crippen LogP contribution in [0.3, 0.4) is 0 Å². The first-order valence-electron chi connectivity index (χ1n) is 8.76. The molecule has 138 valence electrons. The highest BCUT2D eigenvalue weighted by Gasteiger charge is 2.26. The third kappa shape index (κ3) is 3.01. The monoisotopic (exact) mass is 364 g/mol. The Hall–Kier alpha value is -3.35. The molecule has 0 saturated heterocycles. The van der Waals surface area contributed by atoms with Crippen LogP contribution in [0.1, 0.15) is 37.8 Å². The smallest absolute Gasteiger partial charge is 0.335 e. The Labute approximate surface area is 156 Å². The van der Waals surface area contributed by atoms with E-state index in [0.717, 1.165) is 28.2 Å². The van der Waals surface area contributed by atoms with Crippen molar-refractivity contribution in [2.45, 2.75) is 19.9 Å². The third-order valence-corrected chi connectivity index (χ3v) is 5.14. The number of benzene rings is 1. The summed E-state index contributed by atoms with van der Waals surface area (Å²) in [5.74, 6) is -0.228. The number of carboxylic acid groups (broad SMARTS) is 1. The summed E-state index contributed by atoms with van der Waals surface area (Å²) in [6, 6.07) is 8.46. The number of fused-ring (bicyclic) bond motifs is 1. The molecule has 0 spiro atoms. The number of hydrogen-bond donors (Lipinski definition) is 2. The number of imidazole rings is 1. The van der Waals surface area contributed by atoms with E-state index >= 15 is 0 Å². The summed E-state index contributed by atoms with van der Waals surface area (Å²) in [6.45, 7) is 3.06. The molecule has 0 aliphatic carbocycles. The topological polar surface area (TPSA) is 91.2 Å². The van der Waals surface area contributed by atoms with Crippen LogP contribution in [0.2, 0.25) is 0 Å². The molecular weight excluding hydrogens is 344 g/mol. The van der Waals surface area contributed by atoms with Crippen molar-refractivity contribution in [2.75, 3.05) is 6.54 Å². The molecule has 2 N–H and O–H groups in total. The van der Waals surface area contributed by atoms with Crippen LogP contribution < -0.4 is 0 Å². The summed E-state index contributed by atoms with van der Waals surface area (Å²) in [6.07, 6.45) is 2.59. The number of amides is 1. The predicted octanol–water partition coefficient (Wildman–Crippen LogP) is 2.62. The Balaban J connectivity index is 1.56. The predicted molar refractivity (Wildman–Crippen MR) is 99.6 cm³/mol. The number of carbonyl (C=O) groups is 2. The zero-order valence-corrected chi connectivity index (χ0v) is 15.2. The van der Waals surface area contributed by atoms with E-state index in [-0.39, 0.29) is 11.5 Å². The number of nitrogens with one attached hydrogen (secondary N) is 1. The molecule has 0 unspecified atom stereocenters. The van der Waals surface area contributed by atoms with Crippen LogP contribution in [0.4, 0.5) is 0 Å². The summed E-state index contributed by atoms with van der Waals surface area (Å²) >= 11 is 0. The molecular formula is C20H20N4O3. The van der Waals surface area contributed by atoms with Gasteiger partial charge in [0.2, 0.25) is 0 Å². The molecule has 0 saturated carbocycles. The van der Waals surface area contributed by atoms with Gasteiger partial charge >= 0.3 is 5.97 Å². The van der Waals surface area contributed by atoms with E-state index in [0.29, 0.717) is 25.3 Å². The van der Waals surface area contributed by atoms with Gasteiger partial charge < -0.3 is 19.6 Å². The molecule has 1 aliphatic heterocycles. The second kappa shape index (κ2) is 6.42. The van der Waals surface area contributed by atoms with Gasteiger partial charge in [-0.3, -0.25) is 4.79 Å². The zero-order chi connectivity index (χ0) is 19.1. The highest BCUT2D eigenvalue weighted by molar-refractivity contribution is 5.95. The minimum atomic E-state index is -0.953. The summed E-state index contributed by atoms with van der Waals surface area (Å²) in [5, 5.41) is 9.01. The molecule has 27 heavy (non-hydrogen) atoms. The van der Waals surface area contributed by atoms with Crippen molar-refractivity contribution in [1.82, 2.24) is 19.4 Å². The molecule has 0 radical (unpaired) electrons. The normalized spacial score (nSPS) is 13.5. The van der Waals surface area contributed by atoms with Crippen molar-refractivity contribution in [3.63, 3.8) is 0 Å². The van der Waals surface area contributed by atoms with Gasteiger partial charge in [-0.15, -0.1) is 0 Å². The van der Waals surface area contributed by atoms with Crippen molar-refractivity contribution in [3.8, 4) is 11.4 Å². The van der Waals surface area contributed by atoms with Gasteiger partial charge in [0, 0.05) is 37.5 Å². The van der Waals surface area contributed by atoms with Gasteiger partial charge in [-0.1, -0.05) is 12.1 Å². The number of aromatic amines is 1. The van der Waals surface area contributed by atoms with Crippen molar-refractivity contribution in [2.24, 2.45) is 7.05 Å². The van der Waals surface area contributed by atoms with Crippen LogP contribution >= 0.6 is 0 Å². The minimum Gasteiger partial charge on any atom is -0.478 e. The fourth-order valence-electron chi connectivity index (χ4n) is 3.38. The van der Waals surface area contributed by atoms with Gasteiger partial charge in [0.05, 0.1) is 29.1 Å². The first-order chi connectivity index (χ1) is 12.9. The van der Waals surface area contributed by atoms with E-state index in [2.05, 4.69) is 9.97 Å². The molecule has 0 atom stereocenters. The molecule has 0 fully saturated rings. The highest BCUT2D eigenvalue weighted by atomic mass is 16.4. The van der Waals surface area contributed by atoms with Gasteiger partial charge in [-0.2, -0.15) is 0 Å². The Morgan fingerprint density at radius 2 is 1.93 bits per heavy atom. The summed E-state index contributed by atoms with van der Waals surface area (Å²) in [4.78, 5) is 33.6. The largest absolute Gasteiger partial charge is 0.478 e. The van der Waals surface area contributed by atoms with Crippen LogP contribution in [0.25, 0.3) is 11.4 Å². The van der Waals surface area contributed by atoms with Crippen LogP contribution in [0.15, 0.2) is 36.5 Å². The number of aromatic nitrogens is 3. The van der Waals surface area contributed by atoms with Crippen LogP contribution in [-0.2, 0) is 20.0 Å². The van der Waals surface area contributed by atoms with E-state index in [1.807, 2.05) is 35.7 Å². The van der Waals surface area contributed by atoms with Gasteiger partial charge in [0.25, 0.3) is 5.91 Å². The number of rotatable bonds is 3. The summed E-state index contributed by atoms with van der Waals surface area (Å²) in [5.41, 5.74) is 4.64. The zero-order valence-electron chi connectivity index (χ0n) is 15.2. The minimum absolute atomic E-state index is 0.0284. The van der Waals surface area contributed by atoms with Gasteiger partial charge in [0.1, 0.15) is 5.82 Å². The van der Waals surface area contributed by atoms with Gasteiger partial charge in [0.15, 0.2) is 0 Å². The lowest BCUT2D eigenvalue weighted by atomic mass is 10.1. The molecule has 4 rings (SSSR count). The summed E-state index contributed by atoms with van der Waals surface area (Å²) < 4.78 is 1.94. The van der Waals surface area contributed by atoms with E-state index in [1.54, 1.807) is 24.3 Å². The maximum atomic E-state index is 12.8. The third-order valence-electron chi connectivity index (χ3n) is 5.14. The van der Waals surface area contributed by atoms with E-state index in [1.165, 1.54) is 0 Å². The molecule has 7 nitrogen and oxygen atoms in total. The van der Waals surface area contributed by atoms with Gasteiger partial charge in [-0.25, -0.2) is 9.78 Å². The molecule has 3 heterocycles. The number of H-pyrrole nitrogens is 1. The number of carbonyl (C=O) groups excluding carboxylic acids is 1. The fraction of sp³-hybridized carbons (Fsp3) is 0.250. The van der Waals surface area contributed by atoms with Crippen molar-refractivity contribution in [3.05, 3.63) is 64.7 Å². The summed E-state index contributed by atoms with van der Waals surface area (Å²) in [7, 11) is 1.93. The molecule has 1 aromatic carbocycles. The molecule has 1 amide bonds. The highest BCUT2D eigenvalue weighted by Crippen LogP contribution is 2.24. The lowest BCUT2D eigenvalue weighted by Gasteiger charge is -2.26. The number of nitrogens with zero attached hydrogens (tertiary/aromatic N) is 3. The maximum absolute atomic E-state index is 12.8. The average molecular weight is 364 g/mol. The Morgan fingerprint density at radius 1 is 1.19 bits per heavy atom. The Morgan fingerprint density at radius 3 is 2.56 bits per heavy atom. The molecule has 1 aliphatic rings. The van der Waals surface area contributed by atoms with Crippen molar-refractivity contribution < 1.29 is 14.7 Å². The van der Waals surface area contributed by atoms with E-state index in [4.69, 9.17) is 5.11 Å². The SMILES string of the molecule is Cc1c(C(=O)N2CCc3nc(-c4ccc(C(=O)O)cc4)[nH]c3C2)ccn1C. The average Bonchev–Trinajstić information content (AvgIpc) is 3.24. The fourth-order valence-corrected chi connectivity index (χ4v) is 3.38. The first-order valence-corrected chi connectivity index (χ1v) is 8.76.